The van der Waals surface area contributed by atoms with Gasteiger partial charge in [-0.1, -0.05) is 22.9 Å². The Hall–Kier alpha value is -2.39. The standard InChI is InChI=1S/C14H16BrN5O3/c1-2-7-5-8(15)3-4-9(7)20-12(14(22)23-6-16)10(17)11(19-20)13(18)21/h3-5H,2,6,16-17H2,1H3,(H2,18,21). The first kappa shape index (κ1) is 17.0. The molecule has 0 unspecified atom stereocenters. The molecule has 2 rings (SSSR count). The maximum atomic E-state index is 12.2. The van der Waals surface area contributed by atoms with Crippen molar-refractivity contribution in [3.05, 3.63) is 39.6 Å². The Kier molecular flexibility index (Phi) is 5.02. The zero-order chi connectivity index (χ0) is 17.1. The number of ether oxygens (including phenoxy) is 1. The van der Waals surface area contributed by atoms with Gasteiger partial charge in [-0.25, -0.2) is 9.48 Å². The van der Waals surface area contributed by atoms with E-state index in [-0.39, 0.29) is 23.8 Å². The maximum absolute atomic E-state index is 12.2. The Morgan fingerprint density at radius 3 is 2.65 bits per heavy atom. The minimum atomic E-state index is -0.835. The summed E-state index contributed by atoms with van der Waals surface area (Å²) in [5, 5.41) is 4.08. The number of halogens is 1. The van der Waals surface area contributed by atoms with Crippen LogP contribution in [0.25, 0.3) is 5.69 Å². The Balaban J connectivity index is 2.73. The number of nitrogens with zero attached hydrogens (tertiary/aromatic N) is 2. The molecule has 0 radical (unpaired) electrons. The lowest BCUT2D eigenvalue weighted by Crippen LogP contribution is -2.18. The van der Waals surface area contributed by atoms with Crippen LogP contribution >= 0.6 is 15.9 Å². The molecular weight excluding hydrogens is 366 g/mol. The molecule has 1 aromatic heterocycles. The number of rotatable bonds is 5. The number of nitrogen functional groups attached to an aromatic ring is 1. The fourth-order valence-electron chi connectivity index (χ4n) is 2.17. The van der Waals surface area contributed by atoms with E-state index >= 15 is 0 Å². The van der Waals surface area contributed by atoms with Gasteiger partial charge in [0.2, 0.25) is 0 Å². The average Bonchev–Trinajstić information content (AvgIpc) is 2.84. The molecular formula is C14H16BrN5O3. The molecule has 1 amide bonds. The molecule has 0 aliphatic rings. The van der Waals surface area contributed by atoms with E-state index in [1.165, 1.54) is 4.68 Å². The molecule has 2 aromatic rings. The van der Waals surface area contributed by atoms with Crippen LogP contribution in [0.4, 0.5) is 5.69 Å². The van der Waals surface area contributed by atoms with Gasteiger partial charge in [-0.05, 0) is 30.2 Å². The summed E-state index contributed by atoms with van der Waals surface area (Å²) in [6.07, 6.45) is 0.672. The molecule has 0 aliphatic heterocycles. The number of esters is 1. The number of aryl methyl sites for hydroxylation is 1. The number of anilines is 1. The monoisotopic (exact) mass is 381 g/mol. The predicted octanol–water partition coefficient (Wildman–Crippen LogP) is 0.951. The van der Waals surface area contributed by atoms with Crippen LogP contribution in [0, 0.1) is 0 Å². The largest absolute Gasteiger partial charge is 0.445 e. The summed E-state index contributed by atoms with van der Waals surface area (Å²) < 4.78 is 6.93. The van der Waals surface area contributed by atoms with Crippen LogP contribution in [-0.2, 0) is 11.2 Å². The molecule has 9 heteroatoms. The molecule has 0 fully saturated rings. The van der Waals surface area contributed by atoms with Crippen LogP contribution in [0.15, 0.2) is 22.7 Å². The number of amides is 1. The zero-order valence-electron chi connectivity index (χ0n) is 12.4. The second-order valence-corrected chi connectivity index (χ2v) is 5.53. The number of carbonyl (C=O) groups excluding carboxylic acids is 2. The van der Waals surface area contributed by atoms with Crippen LogP contribution in [0.5, 0.6) is 0 Å². The minimum Gasteiger partial charge on any atom is -0.445 e. The number of hydrogen-bond donors (Lipinski definition) is 3. The van der Waals surface area contributed by atoms with Gasteiger partial charge in [0.05, 0.1) is 11.4 Å². The summed E-state index contributed by atoms with van der Waals surface area (Å²) in [5.41, 5.74) is 17.4. The number of nitrogens with two attached hydrogens (primary N) is 3. The van der Waals surface area contributed by atoms with Gasteiger partial charge in [-0.2, -0.15) is 5.10 Å². The first-order valence-electron chi connectivity index (χ1n) is 6.75. The Labute approximate surface area is 140 Å². The summed E-state index contributed by atoms with van der Waals surface area (Å²) >= 11 is 3.39. The van der Waals surface area contributed by atoms with E-state index in [1.54, 1.807) is 12.1 Å². The van der Waals surface area contributed by atoms with E-state index in [4.69, 9.17) is 21.9 Å². The Bertz CT molecular complexity index is 772. The summed E-state index contributed by atoms with van der Waals surface area (Å²) in [6.45, 7) is 1.63. The fourth-order valence-corrected chi connectivity index (χ4v) is 2.58. The van der Waals surface area contributed by atoms with Crippen LogP contribution in [0.3, 0.4) is 0 Å². The van der Waals surface area contributed by atoms with Crippen molar-refractivity contribution < 1.29 is 14.3 Å². The van der Waals surface area contributed by atoms with E-state index in [2.05, 4.69) is 21.0 Å². The van der Waals surface area contributed by atoms with Gasteiger partial charge in [0, 0.05) is 4.47 Å². The first-order chi connectivity index (χ1) is 10.9. The van der Waals surface area contributed by atoms with Crippen LogP contribution in [-0.4, -0.2) is 28.4 Å². The molecule has 0 atom stereocenters. The van der Waals surface area contributed by atoms with Crippen molar-refractivity contribution >= 4 is 33.5 Å². The normalized spacial score (nSPS) is 10.6. The van der Waals surface area contributed by atoms with Crippen molar-refractivity contribution in [2.24, 2.45) is 11.5 Å². The summed E-state index contributed by atoms with van der Waals surface area (Å²) in [4.78, 5) is 23.6. The molecule has 0 aliphatic carbocycles. The van der Waals surface area contributed by atoms with Crippen molar-refractivity contribution in [3.63, 3.8) is 0 Å². The molecule has 8 nitrogen and oxygen atoms in total. The smallest absolute Gasteiger partial charge is 0.360 e. The summed E-state index contributed by atoms with van der Waals surface area (Å²) in [6, 6.07) is 5.42. The number of carbonyl (C=O) groups is 2. The van der Waals surface area contributed by atoms with Crippen molar-refractivity contribution in [1.29, 1.82) is 0 Å². The number of benzene rings is 1. The van der Waals surface area contributed by atoms with Crippen LogP contribution in [0.2, 0.25) is 0 Å². The lowest BCUT2D eigenvalue weighted by molar-refractivity contribution is 0.0506. The van der Waals surface area contributed by atoms with Crippen molar-refractivity contribution in [2.45, 2.75) is 13.3 Å². The number of hydrogen-bond acceptors (Lipinski definition) is 6. The molecule has 6 N–H and O–H groups in total. The SMILES string of the molecule is CCc1cc(Br)ccc1-n1nc(C(N)=O)c(N)c1C(=O)OCN. The van der Waals surface area contributed by atoms with E-state index < -0.39 is 11.9 Å². The van der Waals surface area contributed by atoms with E-state index in [9.17, 15) is 9.59 Å². The van der Waals surface area contributed by atoms with Crippen molar-refractivity contribution in [2.75, 3.05) is 12.5 Å². The first-order valence-corrected chi connectivity index (χ1v) is 7.54. The van der Waals surface area contributed by atoms with E-state index in [0.29, 0.717) is 12.1 Å². The summed E-state index contributed by atoms with van der Waals surface area (Å²) in [5.74, 6) is -1.62. The quantitative estimate of drug-likeness (QED) is 0.520. The second-order valence-electron chi connectivity index (χ2n) is 4.61. The highest BCUT2D eigenvalue weighted by Gasteiger charge is 2.27. The maximum Gasteiger partial charge on any atom is 0.360 e. The molecule has 23 heavy (non-hydrogen) atoms. The van der Waals surface area contributed by atoms with Gasteiger partial charge >= 0.3 is 5.97 Å². The Morgan fingerprint density at radius 1 is 1.39 bits per heavy atom. The predicted molar refractivity (Wildman–Crippen MR) is 88.0 cm³/mol. The molecule has 1 aromatic carbocycles. The van der Waals surface area contributed by atoms with Crippen molar-refractivity contribution in [3.8, 4) is 5.69 Å². The second kappa shape index (κ2) is 6.80. The zero-order valence-corrected chi connectivity index (χ0v) is 14.0. The van der Waals surface area contributed by atoms with Crippen LogP contribution in [0.1, 0.15) is 33.5 Å². The third-order valence-electron chi connectivity index (χ3n) is 3.21. The van der Waals surface area contributed by atoms with Gasteiger partial charge in [-0.15, -0.1) is 0 Å². The third kappa shape index (κ3) is 3.20. The van der Waals surface area contributed by atoms with Gasteiger partial charge in [0.25, 0.3) is 5.91 Å². The van der Waals surface area contributed by atoms with E-state index in [0.717, 1.165) is 10.0 Å². The molecule has 0 bridgehead atoms. The minimum absolute atomic E-state index is 0.0822. The van der Waals surface area contributed by atoms with Gasteiger partial charge in [0.15, 0.2) is 11.4 Å². The van der Waals surface area contributed by atoms with Gasteiger partial charge < -0.3 is 16.2 Å². The molecule has 0 saturated carbocycles. The summed E-state index contributed by atoms with van der Waals surface area (Å²) in [7, 11) is 0. The molecule has 122 valence electrons. The van der Waals surface area contributed by atoms with E-state index in [1.807, 2.05) is 13.0 Å². The number of aromatic nitrogens is 2. The molecule has 0 spiro atoms. The Morgan fingerprint density at radius 2 is 2.09 bits per heavy atom. The molecule has 0 saturated heterocycles. The average molecular weight is 382 g/mol. The molecule has 1 heterocycles. The van der Waals surface area contributed by atoms with Crippen LogP contribution < -0.4 is 17.2 Å². The highest BCUT2D eigenvalue weighted by atomic mass is 79.9. The topological polar surface area (TPSA) is 139 Å². The highest BCUT2D eigenvalue weighted by Crippen LogP contribution is 2.26. The highest BCUT2D eigenvalue weighted by molar-refractivity contribution is 9.10. The van der Waals surface area contributed by atoms with Gasteiger partial charge in [0.1, 0.15) is 6.73 Å². The van der Waals surface area contributed by atoms with Gasteiger partial charge in [-0.3, -0.25) is 10.5 Å². The number of primary amides is 1. The lowest BCUT2D eigenvalue weighted by Gasteiger charge is -2.11. The third-order valence-corrected chi connectivity index (χ3v) is 3.71. The lowest BCUT2D eigenvalue weighted by atomic mass is 10.1. The van der Waals surface area contributed by atoms with Crippen molar-refractivity contribution in [1.82, 2.24) is 9.78 Å². The fraction of sp³-hybridized carbons (Fsp3) is 0.214.